The van der Waals surface area contributed by atoms with Crippen LogP contribution in [-0.4, -0.2) is 43.2 Å². The molecule has 2 saturated heterocycles. The van der Waals surface area contributed by atoms with E-state index in [-0.39, 0.29) is 16.7 Å². The first-order valence-corrected chi connectivity index (χ1v) is 11.2. The minimum absolute atomic E-state index is 0.0999. The number of carbonyl (C=O) groups is 1. The lowest BCUT2D eigenvalue weighted by molar-refractivity contribution is -0.117. The van der Waals surface area contributed by atoms with Gasteiger partial charge in [-0.1, -0.05) is 0 Å². The van der Waals surface area contributed by atoms with Crippen LogP contribution in [0.25, 0.3) is 0 Å². The molecule has 1 unspecified atom stereocenters. The molecule has 2 aliphatic heterocycles. The molecule has 2 aromatic rings. The minimum atomic E-state index is -3.53. The lowest BCUT2D eigenvalue weighted by Crippen LogP contribution is -2.39. The first-order chi connectivity index (χ1) is 12.6. The molecule has 8 heteroatoms. The van der Waals surface area contributed by atoms with Crippen LogP contribution in [0, 0.1) is 0 Å². The number of hydrogen-bond acceptors (Lipinski definition) is 5. The first kappa shape index (κ1) is 17.6. The summed E-state index contributed by atoms with van der Waals surface area (Å²) in [7, 11) is -3.53. The van der Waals surface area contributed by atoms with Gasteiger partial charge in [-0.15, -0.1) is 11.3 Å². The predicted molar refractivity (Wildman–Crippen MR) is 101 cm³/mol. The van der Waals surface area contributed by atoms with Gasteiger partial charge in [0.1, 0.15) is 0 Å². The Balaban J connectivity index is 1.53. The number of hydrogen-bond donors (Lipinski definition) is 0. The van der Waals surface area contributed by atoms with E-state index in [0.717, 1.165) is 30.0 Å². The molecule has 2 fully saturated rings. The van der Waals surface area contributed by atoms with Crippen LogP contribution in [0.4, 0.5) is 5.69 Å². The minimum Gasteiger partial charge on any atom is -0.312 e. The van der Waals surface area contributed by atoms with Gasteiger partial charge in [0.05, 0.1) is 9.90 Å². The lowest BCUT2D eigenvalue weighted by atomic mass is 10.0. The van der Waals surface area contributed by atoms with Crippen LogP contribution in [0.3, 0.4) is 0 Å². The quantitative estimate of drug-likeness (QED) is 0.804. The fraction of sp³-hybridized carbons (Fsp3) is 0.444. The van der Waals surface area contributed by atoms with Crippen LogP contribution in [0.5, 0.6) is 0 Å². The van der Waals surface area contributed by atoms with Crippen molar-refractivity contribution in [3.8, 4) is 0 Å². The van der Waals surface area contributed by atoms with Crippen molar-refractivity contribution in [2.45, 2.75) is 36.5 Å². The van der Waals surface area contributed by atoms with E-state index >= 15 is 0 Å². The fourth-order valence-corrected chi connectivity index (χ4v) is 5.96. The van der Waals surface area contributed by atoms with E-state index in [1.54, 1.807) is 51.0 Å². The maximum atomic E-state index is 13.0. The molecule has 26 heavy (non-hydrogen) atoms. The van der Waals surface area contributed by atoms with Gasteiger partial charge < -0.3 is 4.90 Å². The maximum Gasteiger partial charge on any atom is 0.243 e. The van der Waals surface area contributed by atoms with E-state index in [2.05, 4.69) is 4.98 Å². The molecular weight excluding hydrogens is 370 g/mol. The lowest BCUT2D eigenvalue weighted by Gasteiger charge is -2.31. The van der Waals surface area contributed by atoms with Gasteiger partial charge in [0.2, 0.25) is 15.9 Å². The molecule has 6 nitrogen and oxygen atoms in total. The van der Waals surface area contributed by atoms with Crippen LogP contribution in [0.2, 0.25) is 0 Å². The molecular formula is C18H21N3O3S2. The maximum absolute atomic E-state index is 13.0. The van der Waals surface area contributed by atoms with Crippen molar-refractivity contribution in [3.63, 3.8) is 0 Å². The average molecular weight is 392 g/mol. The van der Waals surface area contributed by atoms with E-state index in [4.69, 9.17) is 0 Å². The van der Waals surface area contributed by atoms with Gasteiger partial charge >= 0.3 is 0 Å². The topological polar surface area (TPSA) is 70.6 Å². The predicted octanol–water partition coefficient (Wildman–Crippen LogP) is 2.84. The van der Waals surface area contributed by atoms with E-state index in [1.807, 2.05) is 5.38 Å². The Labute approximate surface area is 157 Å². The number of thiazole rings is 1. The SMILES string of the molecule is O=C1CCCN1c1ccc(S(=O)(=O)N2CCCC(c3nccs3)C2)cc1. The van der Waals surface area contributed by atoms with Gasteiger partial charge in [0.15, 0.2) is 0 Å². The summed E-state index contributed by atoms with van der Waals surface area (Å²) in [6, 6.07) is 6.70. The third-order valence-electron chi connectivity index (χ3n) is 5.04. The summed E-state index contributed by atoms with van der Waals surface area (Å²) >= 11 is 1.58. The van der Waals surface area contributed by atoms with Crippen LogP contribution >= 0.6 is 11.3 Å². The highest BCUT2D eigenvalue weighted by atomic mass is 32.2. The largest absolute Gasteiger partial charge is 0.312 e. The molecule has 3 heterocycles. The molecule has 1 atom stereocenters. The van der Waals surface area contributed by atoms with Crippen molar-refractivity contribution in [1.29, 1.82) is 0 Å². The fourth-order valence-electron chi connectivity index (χ4n) is 3.67. The molecule has 0 N–H and O–H groups in total. The molecule has 1 aromatic heterocycles. The number of piperidine rings is 1. The standard InChI is InChI=1S/C18H21N3O3S2/c22-17-4-2-11-21(17)15-5-7-16(8-6-15)26(23,24)20-10-1-3-14(13-20)18-19-9-12-25-18/h5-9,12,14H,1-4,10-11,13H2. The van der Waals surface area contributed by atoms with E-state index in [9.17, 15) is 13.2 Å². The summed E-state index contributed by atoms with van der Waals surface area (Å²) in [5, 5.41) is 2.94. The second-order valence-corrected chi connectivity index (χ2v) is 9.58. The zero-order chi connectivity index (χ0) is 18.1. The molecule has 0 saturated carbocycles. The molecule has 4 rings (SSSR count). The number of amides is 1. The van der Waals surface area contributed by atoms with Crippen LogP contribution < -0.4 is 4.90 Å². The van der Waals surface area contributed by atoms with Crippen molar-refractivity contribution < 1.29 is 13.2 Å². The number of nitrogens with zero attached hydrogens (tertiary/aromatic N) is 3. The van der Waals surface area contributed by atoms with E-state index in [0.29, 0.717) is 26.1 Å². The summed E-state index contributed by atoms with van der Waals surface area (Å²) in [5.74, 6) is 0.267. The summed E-state index contributed by atoms with van der Waals surface area (Å²) in [6.45, 7) is 1.71. The van der Waals surface area contributed by atoms with Crippen molar-refractivity contribution in [1.82, 2.24) is 9.29 Å². The Hall–Kier alpha value is -1.77. The Morgan fingerprint density at radius 3 is 2.58 bits per heavy atom. The van der Waals surface area contributed by atoms with Crippen molar-refractivity contribution in [2.75, 3.05) is 24.5 Å². The second kappa shape index (κ2) is 7.09. The monoisotopic (exact) mass is 391 g/mol. The van der Waals surface area contributed by atoms with Crippen LogP contribution in [-0.2, 0) is 14.8 Å². The molecule has 2 aliphatic rings. The first-order valence-electron chi connectivity index (χ1n) is 8.86. The van der Waals surface area contributed by atoms with Gasteiger partial charge in [-0.3, -0.25) is 4.79 Å². The third-order valence-corrected chi connectivity index (χ3v) is 7.86. The molecule has 0 spiro atoms. The number of aromatic nitrogens is 1. The van der Waals surface area contributed by atoms with Gasteiger partial charge in [-0.05, 0) is 43.5 Å². The Bertz CT molecular complexity index is 879. The molecule has 1 aromatic carbocycles. The third kappa shape index (κ3) is 3.28. The highest BCUT2D eigenvalue weighted by Crippen LogP contribution is 2.32. The normalized spacial score (nSPS) is 22.1. The summed E-state index contributed by atoms with van der Waals surface area (Å²) < 4.78 is 27.6. The zero-order valence-corrected chi connectivity index (χ0v) is 16.0. The summed E-state index contributed by atoms with van der Waals surface area (Å²) in [5.41, 5.74) is 0.769. The molecule has 1 amide bonds. The molecule has 0 aliphatic carbocycles. The highest BCUT2D eigenvalue weighted by Gasteiger charge is 2.32. The van der Waals surface area contributed by atoms with Crippen molar-refractivity contribution in [2.24, 2.45) is 0 Å². The van der Waals surface area contributed by atoms with E-state index < -0.39 is 10.0 Å². The van der Waals surface area contributed by atoms with Crippen molar-refractivity contribution in [3.05, 3.63) is 40.8 Å². The highest BCUT2D eigenvalue weighted by molar-refractivity contribution is 7.89. The zero-order valence-electron chi connectivity index (χ0n) is 14.4. The second-order valence-electron chi connectivity index (χ2n) is 6.72. The number of rotatable bonds is 4. The van der Waals surface area contributed by atoms with E-state index in [1.165, 1.54) is 0 Å². The van der Waals surface area contributed by atoms with Gasteiger partial charge in [0.25, 0.3) is 0 Å². The van der Waals surface area contributed by atoms with Crippen molar-refractivity contribution >= 4 is 33.0 Å². The number of benzene rings is 1. The Kier molecular flexibility index (Phi) is 4.81. The van der Waals surface area contributed by atoms with Gasteiger partial charge in [0, 0.05) is 49.2 Å². The Morgan fingerprint density at radius 1 is 1.12 bits per heavy atom. The van der Waals surface area contributed by atoms with Crippen LogP contribution in [0.1, 0.15) is 36.6 Å². The molecule has 138 valence electrons. The number of sulfonamides is 1. The number of anilines is 1. The van der Waals surface area contributed by atoms with Crippen LogP contribution in [0.15, 0.2) is 40.7 Å². The summed E-state index contributed by atoms with van der Waals surface area (Å²) in [4.78, 5) is 18.2. The van der Waals surface area contributed by atoms with Gasteiger partial charge in [-0.2, -0.15) is 4.31 Å². The molecule has 0 bridgehead atoms. The Morgan fingerprint density at radius 2 is 1.92 bits per heavy atom. The average Bonchev–Trinajstić information content (AvgIpc) is 3.34. The smallest absolute Gasteiger partial charge is 0.243 e. The number of carbonyl (C=O) groups excluding carboxylic acids is 1. The summed E-state index contributed by atoms with van der Waals surface area (Å²) in [6.07, 6.45) is 4.99. The molecule has 0 radical (unpaired) electrons. The van der Waals surface area contributed by atoms with Gasteiger partial charge in [-0.25, -0.2) is 13.4 Å².